The molecule has 7 heteroatoms. The van der Waals surface area contributed by atoms with Crippen LogP contribution in [0.1, 0.15) is 47.3 Å². The van der Waals surface area contributed by atoms with E-state index in [-0.39, 0.29) is 24.6 Å². The molecule has 1 heterocycles. The van der Waals surface area contributed by atoms with Crippen molar-refractivity contribution < 1.29 is 29.3 Å². The van der Waals surface area contributed by atoms with Crippen LogP contribution in [0.4, 0.5) is 0 Å². The minimum atomic E-state index is -0.856. The number of benzene rings is 1. The monoisotopic (exact) mass is 347 g/mol. The maximum Gasteiger partial charge on any atom is 0.359 e. The van der Waals surface area contributed by atoms with Crippen LogP contribution in [0.25, 0.3) is 5.69 Å². The van der Waals surface area contributed by atoms with Gasteiger partial charge in [0.1, 0.15) is 0 Å². The lowest BCUT2D eigenvalue weighted by molar-refractivity contribution is 0.0508. The average Bonchev–Trinajstić information content (AvgIpc) is 2.87. The van der Waals surface area contributed by atoms with Crippen molar-refractivity contribution in [3.05, 3.63) is 41.2 Å². The van der Waals surface area contributed by atoms with E-state index in [4.69, 9.17) is 9.47 Å². The molecule has 0 aliphatic rings. The van der Waals surface area contributed by atoms with Gasteiger partial charge in [-0.15, -0.1) is 0 Å². The van der Waals surface area contributed by atoms with E-state index < -0.39 is 23.4 Å². The highest BCUT2D eigenvalue weighted by molar-refractivity contribution is 6.00. The summed E-state index contributed by atoms with van der Waals surface area (Å²) in [7, 11) is 0. The lowest BCUT2D eigenvalue weighted by Crippen LogP contribution is -2.16. The topological polar surface area (TPSA) is 98.0 Å². The summed E-state index contributed by atoms with van der Waals surface area (Å²) in [6.45, 7) is 5.38. The van der Waals surface area contributed by atoms with Crippen LogP contribution in [0.3, 0.4) is 0 Å². The maximum absolute atomic E-state index is 12.3. The Morgan fingerprint density at radius 3 is 1.68 bits per heavy atom. The zero-order valence-corrected chi connectivity index (χ0v) is 14.4. The molecule has 2 rings (SSSR count). The largest absolute Gasteiger partial charge is 0.503 e. The van der Waals surface area contributed by atoms with Crippen LogP contribution in [0, 0.1) is 0 Å². The molecule has 134 valence electrons. The van der Waals surface area contributed by atoms with Crippen LogP contribution in [-0.4, -0.2) is 39.9 Å². The molecule has 0 bridgehead atoms. The fourth-order valence-corrected chi connectivity index (χ4v) is 2.46. The van der Waals surface area contributed by atoms with E-state index in [0.29, 0.717) is 5.69 Å². The van der Waals surface area contributed by atoms with Crippen molar-refractivity contribution >= 4 is 11.9 Å². The summed E-state index contributed by atoms with van der Waals surface area (Å²) in [6, 6.07) is 7.02. The van der Waals surface area contributed by atoms with E-state index in [9.17, 15) is 19.8 Å². The Kier molecular flexibility index (Phi) is 5.69. The van der Waals surface area contributed by atoms with E-state index in [2.05, 4.69) is 0 Å². The van der Waals surface area contributed by atoms with Gasteiger partial charge in [-0.05, 0) is 38.0 Å². The summed E-state index contributed by atoms with van der Waals surface area (Å²) >= 11 is 0. The van der Waals surface area contributed by atoms with Crippen molar-refractivity contribution in [2.45, 2.75) is 27.2 Å². The number of hydrogen-bond donors (Lipinski definition) is 2. The van der Waals surface area contributed by atoms with E-state index in [1.807, 2.05) is 19.1 Å². The van der Waals surface area contributed by atoms with Crippen LogP contribution in [0.5, 0.6) is 11.5 Å². The first kappa shape index (κ1) is 18.4. The van der Waals surface area contributed by atoms with Gasteiger partial charge in [-0.25, -0.2) is 9.59 Å². The molecule has 0 fully saturated rings. The van der Waals surface area contributed by atoms with Gasteiger partial charge in [-0.3, -0.25) is 4.57 Å². The minimum Gasteiger partial charge on any atom is -0.503 e. The van der Waals surface area contributed by atoms with Gasteiger partial charge in [0.05, 0.1) is 13.2 Å². The number of rotatable bonds is 6. The molecule has 0 atom stereocenters. The van der Waals surface area contributed by atoms with Crippen molar-refractivity contribution in [2.75, 3.05) is 13.2 Å². The highest BCUT2D eigenvalue weighted by Crippen LogP contribution is 2.39. The van der Waals surface area contributed by atoms with Crippen molar-refractivity contribution in [3.8, 4) is 17.2 Å². The molecule has 25 heavy (non-hydrogen) atoms. The number of aryl methyl sites for hydroxylation is 1. The number of aromatic nitrogens is 1. The van der Waals surface area contributed by atoms with Crippen molar-refractivity contribution in [1.29, 1.82) is 0 Å². The first-order chi connectivity index (χ1) is 12.0. The van der Waals surface area contributed by atoms with Gasteiger partial charge in [0, 0.05) is 5.69 Å². The van der Waals surface area contributed by atoms with Crippen molar-refractivity contribution in [2.24, 2.45) is 0 Å². The average molecular weight is 347 g/mol. The van der Waals surface area contributed by atoms with E-state index in [1.165, 1.54) is 0 Å². The maximum atomic E-state index is 12.3. The fourth-order valence-electron chi connectivity index (χ4n) is 2.46. The van der Waals surface area contributed by atoms with Crippen molar-refractivity contribution in [1.82, 2.24) is 4.57 Å². The Morgan fingerprint density at radius 1 is 0.880 bits per heavy atom. The molecule has 0 unspecified atom stereocenters. The molecule has 2 aromatic rings. The molecule has 0 saturated carbocycles. The van der Waals surface area contributed by atoms with Gasteiger partial charge in [-0.2, -0.15) is 0 Å². The standard InChI is InChI=1S/C18H21NO6/c1-4-11-7-9-12(10-8-11)19-13(17(22)24-5-2)15(20)16(21)14(19)18(23)25-6-3/h7-10,20-21H,4-6H2,1-3H3. The smallest absolute Gasteiger partial charge is 0.359 e. The Bertz CT molecular complexity index is 734. The van der Waals surface area contributed by atoms with Gasteiger partial charge >= 0.3 is 11.9 Å². The van der Waals surface area contributed by atoms with Crippen molar-refractivity contribution in [3.63, 3.8) is 0 Å². The lowest BCUT2D eigenvalue weighted by atomic mass is 10.1. The second kappa shape index (κ2) is 7.74. The van der Waals surface area contributed by atoms with Crippen LogP contribution >= 0.6 is 0 Å². The molecule has 0 aliphatic heterocycles. The third kappa shape index (κ3) is 3.45. The Hall–Kier alpha value is -2.96. The molecule has 1 aromatic heterocycles. The predicted octanol–water partition coefficient (Wildman–Crippen LogP) is 2.80. The van der Waals surface area contributed by atoms with Gasteiger partial charge in [-0.1, -0.05) is 19.1 Å². The van der Waals surface area contributed by atoms with Crippen LogP contribution in [-0.2, 0) is 15.9 Å². The molecular weight excluding hydrogens is 326 g/mol. The highest BCUT2D eigenvalue weighted by Gasteiger charge is 2.33. The van der Waals surface area contributed by atoms with Gasteiger partial charge < -0.3 is 19.7 Å². The third-order valence-corrected chi connectivity index (χ3v) is 3.66. The molecule has 0 spiro atoms. The van der Waals surface area contributed by atoms with E-state index in [1.54, 1.807) is 26.0 Å². The molecule has 0 radical (unpaired) electrons. The number of aromatic hydroxyl groups is 2. The quantitative estimate of drug-likeness (QED) is 0.780. The van der Waals surface area contributed by atoms with Gasteiger partial charge in [0.15, 0.2) is 22.9 Å². The summed E-state index contributed by atoms with van der Waals surface area (Å²) in [4.78, 5) is 24.5. The molecule has 1 aromatic carbocycles. The SMILES string of the molecule is CCOC(=O)c1c(O)c(O)c(C(=O)OCC)n1-c1ccc(CC)cc1. The molecule has 7 nitrogen and oxygen atoms in total. The zero-order chi connectivity index (χ0) is 18.6. The molecular formula is C18H21NO6. The Labute approximate surface area is 145 Å². The second-order valence-electron chi connectivity index (χ2n) is 5.19. The van der Waals surface area contributed by atoms with Crippen LogP contribution in [0.2, 0.25) is 0 Å². The van der Waals surface area contributed by atoms with Gasteiger partial charge in [0.25, 0.3) is 0 Å². The molecule has 0 saturated heterocycles. The number of carbonyl (C=O) groups is 2. The third-order valence-electron chi connectivity index (χ3n) is 3.66. The van der Waals surface area contributed by atoms with Crippen LogP contribution < -0.4 is 0 Å². The second-order valence-corrected chi connectivity index (χ2v) is 5.19. The first-order valence-corrected chi connectivity index (χ1v) is 8.06. The number of carbonyl (C=O) groups excluding carboxylic acids is 2. The Morgan fingerprint density at radius 2 is 1.32 bits per heavy atom. The summed E-state index contributed by atoms with van der Waals surface area (Å²) < 4.78 is 11.0. The predicted molar refractivity (Wildman–Crippen MR) is 90.4 cm³/mol. The summed E-state index contributed by atoms with van der Waals surface area (Å²) in [6.07, 6.45) is 0.817. The minimum absolute atomic E-state index is 0.0771. The summed E-state index contributed by atoms with van der Waals surface area (Å²) in [5.41, 5.74) is 0.817. The molecule has 0 amide bonds. The van der Waals surface area contributed by atoms with E-state index in [0.717, 1.165) is 16.6 Å². The number of hydrogen-bond acceptors (Lipinski definition) is 6. The molecule has 0 aliphatic carbocycles. The van der Waals surface area contributed by atoms with E-state index >= 15 is 0 Å². The van der Waals surface area contributed by atoms with Crippen LogP contribution in [0.15, 0.2) is 24.3 Å². The Balaban J connectivity index is 2.72. The fraction of sp³-hybridized carbons (Fsp3) is 0.333. The number of nitrogens with zero attached hydrogens (tertiary/aromatic N) is 1. The zero-order valence-electron chi connectivity index (χ0n) is 14.4. The van der Waals surface area contributed by atoms with Gasteiger partial charge in [0.2, 0.25) is 0 Å². The highest BCUT2D eigenvalue weighted by atomic mass is 16.5. The number of esters is 2. The lowest BCUT2D eigenvalue weighted by Gasteiger charge is -2.12. The normalized spacial score (nSPS) is 10.5. The first-order valence-electron chi connectivity index (χ1n) is 8.06. The summed E-state index contributed by atoms with van der Waals surface area (Å²) in [5.74, 6) is -3.15. The molecule has 2 N–H and O–H groups in total. The summed E-state index contributed by atoms with van der Waals surface area (Å²) in [5, 5.41) is 20.4. The number of ether oxygens (including phenoxy) is 2.